The van der Waals surface area contributed by atoms with Gasteiger partial charge in [0.05, 0.1) is 0 Å². The number of aryl methyl sites for hydroxylation is 1. The fourth-order valence-corrected chi connectivity index (χ4v) is 3.64. The van der Waals surface area contributed by atoms with E-state index >= 15 is 0 Å². The number of rotatable bonds is 4. The van der Waals surface area contributed by atoms with Gasteiger partial charge in [0.1, 0.15) is 0 Å². The minimum absolute atomic E-state index is 0.180. The van der Waals surface area contributed by atoms with Crippen molar-refractivity contribution in [1.29, 1.82) is 0 Å². The fourth-order valence-electron chi connectivity index (χ4n) is 2.46. The lowest BCUT2D eigenvalue weighted by atomic mass is 10.1. The van der Waals surface area contributed by atoms with Gasteiger partial charge in [-0.05, 0) is 49.4 Å². The average Bonchev–Trinajstić information content (AvgIpc) is 2.88. The van der Waals surface area contributed by atoms with E-state index in [4.69, 9.17) is 10.9 Å². The van der Waals surface area contributed by atoms with Gasteiger partial charge >= 0.3 is 0 Å². The molecular formula is C14H20N2OS. The summed E-state index contributed by atoms with van der Waals surface area (Å²) in [4.78, 5) is 1.27. The topological polar surface area (TPSA) is 58.6 Å². The Morgan fingerprint density at radius 1 is 1.44 bits per heavy atom. The molecule has 0 amide bonds. The Labute approximate surface area is 112 Å². The van der Waals surface area contributed by atoms with Crippen LogP contribution >= 0.6 is 11.8 Å². The maximum Gasteiger partial charge on any atom is 0.170 e. The molecule has 0 radical (unpaired) electrons. The number of hydrogen-bond acceptors (Lipinski definition) is 3. The second-order valence-electron chi connectivity index (χ2n) is 4.92. The number of oxime groups is 1. The molecule has 1 fully saturated rings. The van der Waals surface area contributed by atoms with E-state index < -0.39 is 0 Å². The summed E-state index contributed by atoms with van der Waals surface area (Å²) < 4.78 is 0. The maximum absolute atomic E-state index is 8.69. The van der Waals surface area contributed by atoms with Gasteiger partial charge in [0.15, 0.2) is 5.84 Å². The van der Waals surface area contributed by atoms with Crippen LogP contribution in [0.3, 0.4) is 0 Å². The van der Waals surface area contributed by atoms with Crippen molar-refractivity contribution in [2.75, 3.05) is 5.75 Å². The summed E-state index contributed by atoms with van der Waals surface area (Å²) in [5.41, 5.74) is 7.48. The van der Waals surface area contributed by atoms with Crippen molar-refractivity contribution >= 4 is 17.6 Å². The highest BCUT2D eigenvalue weighted by molar-refractivity contribution is 7.99. The highest BCUT2D eigenvalue weighted by Crippen LogP contribution is 2.31. The van der Waals surface area contributed by atoms with Gasteiger partial charge in [-0.1, -0.05) is 18.0 Å². The summed E-state index contributed by atoms with van der Waals surface area (Å²) in [5.74, 6) is 2.28. The minimum Gasteiger partial charge on any atom is -0.409 e. The number of benzene rings is 1. The normalized spacial score (nSPS) is 17.3. The minimum atomic E-state index is 0.180. The van der Waals surface area contributed by atoms with Crippen molar-refractivity contribution in [3.8, 4) is 0 Å². The molecule has 0 aromatic heterocycles. The highest BCUT2D eigenvalue weighted by atomic mass is 32.2. The van der Waals surface area contributed by atoms with Crippen molar-refractivity contribution < 1.29 is 5.21 Å². The predicted octanol–water partition coefficient (Wildman–Crippen LogP) is 3.37. The molecule has 0 bridgehead atoms. The Bertz CT molecular complexity index is 439. The van der Waals surface area contributed by atoms with Gasteiger partial charge in [0, 0.05) is 16.2 Å². The summed E-state index contributed by atoms with van der Waals surface area (Å²) in [6, 6.07) is 6.11. The zero-order chi connectivity index (χ0) is 13.0. The van der Waals surface area contributed by atoms with Crippen molar-refractivity contribution in [1.82, 2.24) is 0 Å². The molecule has 18 heavy (non-hydrogen) atoms. The highest BCUT2D eigenvalue weighted by Gasteiger charge is 2.15. The SMILES string of the molecule is Cc1cc(SCC2CCCC2)ccc1/C(N)=N/O. The molecule has 2 rings (SSSR count). The van der Waals surface area contributed by atoms with Crippen LogP contribution in [0.15, 0.2) is 28.3 Å². The van der Waals surface area contributed by atoms with Gasteiger partial charge in [-0.2, -0.15) is 0 Å². The second kappa shape index (κ2) is 6.14. The summed E-state index contributed by atoms with van der Waals surface area (Å²) in [6.07, 6.45) is 5.56. The molecule has 0 spiro atoms. The first-order valence-corrected chi connectivity index (χ1v) is 7.40. The zero-order valence-corrected chi connectivity index (χ0v) is 11.5. The van der Waals surface area contributed by atoms with Crippen LogP contribution in [-0.2, 0) is 0 Å². The van der Waals surface area contributed by atoms with E-state index in [9.17, 15) is 0 Å². The van der Waals surface area contributed by atoms with E-state index in [0.29, 0.717) is 0 Å². The molecule has 1 aromatic carbocycles. The molecule has 1 saturated carbocycles. The quantitative estimate of drug-likeness (QED) is 0.288. The van der Waals surface area contributed by atoms with Gasteiger partial charge in [0.25, 0.3) is 0 Å². The molecule has 0 atom stereocenters. The molecule has 1 aliphatic rings. The van der Waals surface area contributed by atoms with Crippen LogP contribution in [0, 0.1) is 12.8 Å². The molecule has 98 valence electrons. The van der Waals surface area contributed by atoms with E-state index in [1.807, 2.05) is 24.8 Å². The third-order valence-electron chi connectivity index (χ3n) is 3.54. The van der Waals surface area contributed by atoms with Crippen LogP contribution in [0.5, 0.6) is 0 Å². The number of amidine groups is 1. The van der Waals surface area contributed by atoms with E-state index in [1.165, 1.54) is 36.3 Å². The van der Waals surface area contributed by atoms with Crippen LogP contribution in [0.25, 0.3) is 0 Å². The molecule has 0 heterocycles. The van der Waals surface area contributed by atoms with Gasteiger partial charge < -0.3 is 10.9 Å². The molecule has 1 aliphatic carbocycles. The summed E-state index contributed by atoms with van der Waals surface area (Å²) in [5, 5.41) is 11.7. The molecule has 1 aromatic rings. The van der Waals surface area contributed by atoms with E-state index in [0.717, 1.165) is 17.0 Å². The molecule has 0 unspecified atom stereocenters. The third kappa shape index (κ3) is 3.19. The van der Waals surface area contributed by atoms with E-state index in [-0.39, 0.29) is 5.84 Å². The predicted molar refractivity (Wildman–Crippen MR) is 76.4 cm³/mol. The van der Waals surface area contributed by atoms with Crippen LogP contribution in [0.1, 0.15) is 36.8 Å². The fraction of sp³-hybridized carbons (Fsp3) is 0.500. The van der Waals surface area contributed by atoms with Crippen molar-refractivity contribution in [2.24, 2.45) is 16.8 Å². The monoisotopic (exact) mass is 264 g/mol. The zero-order valence-electron chi connectivity index (χ0n) is 10.7. The Morgan fingerprint density at radius 3 is 2.78 bits per heavy atom. The lowest BCUT2D eigenvalue weighted by Crippen LogP contribution is -2.14. The summed E-state index contributed by atoms with van der Waals surface area (Å²) in [6.45, 7) is 1.99. The Balaban J connectivity index is 1.99. The smallest absolute Gasteiger partial charge is 0.170 e. The second-order valence-corrected chi connectivity index (χ2v) is 6.02. The molecular weight excluding hydrogens is 244 g/mol. The van der Waals surface area contributed by atoms with Crippen molar-refractivity contribution in [3.63, 3.8) is 0 Å². The van der Waals surface area contributed by atoms with E-state index in [1.54, 1.807) is 0 Å². The number of nitrogens with two attached hydrogens (primary N) is 1. The molecule has 0 saturated heterocycles. The maximum atomic E-state index is 8.69. The van der Waals surface area contributed by atoms with Crippen LogP contribution in [0.4, 0.5) is 0 Å². The summed E-state index contributed by atoms with van der Waals surface area (Å²) >= 11 is 1.92. The number of hydrogen-bond donors (Lipinski definition) is 2. The van der Waals surface area contributed by atoms with Crippen molar-refractivity contribution in [3.05, 3.63) is 29.3 Å². The molecule has 3 N–H and O–H groups in total. The Hall–Kier alpha value is -1.16. The van der Waals surface area contributed by atoms with Gasteiger partial charge in [-0.15, -0.1) is 11.8 Å². The van der Waals surface area contributed by atoms with Crippen LogP contribution in [-0.4, -0.2) is 16.8 Å². The standard InChI is InChI=1S/C14H20N2OS/c1-10-8-12(6-7-13(10)14(15)16-17)18-9-11-4-2-3-5-11/h6-8,11,17H,2-5,9H2,1H3,(H2,15,16). The molecule has 0 aliphatic heterocycles. The molecule has 4 heteroatoms. The van der Waals surface area contributed by atoms with Gasteiger partial charge in [-0.3, -0.25) is 0 Å². The lowest BCUT2D eigenvalue weighted by molar-refractivity contribution is 0.318. The first-order valence-electron chi connectivity index (χ1n) is 6.42. The molecule has 3 nitrogen and oxygen atoms in total. The Kier molecular flexibility index (Phi) is 4.53. The Morgan fingerprint density at radius 2 is 2.17 bits per heavy atom. The van der Waals surface area contributed by atoms with Gasteiger partial charge in [0.2, 0.25) is 0 Å². The van der Waals surface area contributed by atoms with E-state index in [2.05, 4.69) is 17.3 Å². The summed E-state index contributed by atoms with van der Waals surface area (Å²) in [7, 11) is 0. The number of thioether (sulfide) groups is 1. The first-order chi connectivity index (χ1) is 8.70. The van der Waals surface area contributed by atoms with Crippen LogP contribution in [0.2, 0.25) is 0 Å². The largest absolute Gasteiger partial charge is 0.409 e. The van der Waals surface area contributed by atoms with Crippen LogP contribution < -0.4 is 5.73 Å². The van der Waals surface area contributed by atoms with Gasteiger partial charge in [-0.25, -0.2) is 0 Å². The third-order valence-corrected chi connectivity index (χ3v) is 4.77. The first kappa shape index (κ1) is 13.3. The average molecular weight is 264 g/mol. The lowest BCUT2D eigenvalue weighted by Gasteiger charge is -2.10. The number of nitrogens with zero attached hydrogens (tertiary/aromatic N) is 1. The van der Waals surface area contributed by atoms with Crippen molar-refractivity contribution in [2.45, 2.75) is 37.5 Å².